The van der Waals surface area contributed by atoms with Crippen LogP contribution in [0.25, 0.3) is 0 Å². The van der Waals surface area contributed by atoms with Gasteiger partial charge in [0.05, 0.1) is 18.9 Å². The van der Waals surface area contributed by atoms with Gasteiger partial charge in [0.25, 0.3) is 0 Å². The number of rotatable bonds is 15. The summed E-state index contributed by atoms with van der Waals surface area (Å²) < 4.78 is 0. The van der Waals surface area contributed by atoms with E-state index < -0.39 is 72.6 Å². The quantitative estimate of drug-likeness (QED) is 0.154. The fraction of sp³-hybridized carbons (Fsp3) is 0.478. The molecule has 0 saturated carbocycles. The standard InChI is InChI=1S/C23H32N4O9/c1-12(2)8-17(23(35)36)27-21(33)15(9-13-6-4-3-5-7-13)26-22(34)16(11-19(30)31)25-20(32)14(24)10-18(28)29/h3-7,12,14-17H,8-11,24H2,1-2H3,(H,25,32)(H,26,34)(H,27,33)(H,28,29)(H,30,31)(H,35,36). The second-order valence-corrected chi connectivity index (χ2v) is 8.64. The molecular formula is C23H32N4O9. The molecule has 3 amide bonds. The Morgan fingerprint density at radius 2 is 1.25 bits per heavy atom. The molecule has 13 nitrogen and oxygen atoms in total. The number of carbonyl (C=O) groups is 6. The SMILES string of the molecule is CC(C)CC(NC(=O)C(Cc1ccccc1)NC(=O)C(CC(=O)O)NC(=O)C(N)CC(=O)O)C(=O)O. The van der Waals surface area contributed by atoms with E-state index in [1.54, 1.807) is 44.2 Å². The van der Waals surface area contributed by atoms with E-state index in [1.165, 1.54) is 0 Å². The Bertz CT molecular complexity index is 952. The molecule has 0 saturated heterocycles. The average Bonchev–Trinajstić information content (AvgIpc) is 2.77. The molecule has 13 heteroatoms. The van der Waals surface area contributed by atoms with Crippen LogP contribution in [0.2, 0.25) is 0 Å². The van der Waals surface area contributed by atoms with Crippen molar-refractivity contribution in [2.75, 3.05) is 0 Å². The number of nitrogens with two attached hydrogens (primary N) is 1. The first kappa shape index (κ1) is 30.0. The summed E-state index contributed by atoms with van der Waals surface area (Å²) in [6.45, 7) is 3.55. The third-order valence-electron chi connectivity index (χ3n) is 4.98. The summed E-state index contributed by atoms with van der Waals surface area (Å²) in [4.78, 5) is 71.8. The van der Waals surface area contributed by atoms with Gasteiger partial charge in [-0.05, 0) is 17.9 Å². The van der Waals surface area contributed by atoms with E-state index in [0.717, 1.165) is 0 Å². The first-order valence-corrected chi connectivity index (χ1v) is 11.2. The predicted octanol–water partition coefficient (Wildman–Crippen LogP) is -0.909. The minimum absolute atomic E-state index is 0.0567. The molecule has 36 heavy (non-hydrogen) atoms. The largest absolute Gasteiger partial charge is 0.481 e. The van der Waals surface area contributed by atoms with E-state index in [-0.39, 0.29) is 18.8 Å². The third-order valence-corrected chi connectivity index (χ3v) is 4.98. The molecule has 0 heterocycles. The second kappa shape index (κ2) is 14.4. The van der Waals surface area contributed by atoms with Crippen LogP contribution in [0.15, 0.2) is 30.3 Å². The lowest BCUT2D eigenvalue weighted by Gasteiger charge is -2.25. The van der Waals surface area contributed by atoms with Gasteiger partial charge in [-0.1, -0.05) is 44.2 Å². The molecule has 1 aromatic rings. The van der Waals surface area contributed by atoms with Gasteiger partial charge in [0.2, 0.25) is 17.7 Å². The number of carboxylic acids is 3. The molecule has 0 aliphatic heterocycles. The minimum atomic E-state index is -1.67. The zero-order valence-corrected chi connectivity index (χ0v) is 20.0. The number of carbonyl (C=O) groups excluding carboxylic acids is 3. The highest BCUT2D eigenvalue weighted by molar-refractivity contribution is 5.96. The van der Waals surface area contributed by atoms with Crippen LogP contribution in [-0.4, -0.2) is 75.1 Å². The van der Waals surface area contributed by atoms with Gasteiger partial charge in [-0.2, -0.15) is 0 Å². The van der Waals surface area contributed by atoms with E-state index in [2.05, 4.69) is 16.0 Å². The highest BCUT2D eigenvalue weighted by Crippen LogP contribution is 2.09. The van der Waals surface area contributed by atoms with Crippen LogP contribution in [0, 0.1) is 5.92 Å². The van der Waals surface area contributed by atoms with Crippen LogP contribution in [0.3, 0.4) is 0 Å². The topological polar surface area (TPSA) is 225 Å². The highest BCUT2D eigenvalue weighted by atomic mass is 16.4. The molecule has 4 atom stereocenters. The maximum Gasteiger partial charge on any atom is 0.326 e. The normalized spacial score (nSPS) is 14.1. The van der Waals surface area contributed by atoms with Crippen molar-refractivity contribution in [2.24, 2.45) is 11.7 Å². The molecule has 0 fully saturated rings. The van der Waals surface area contributed by atoms with Crippen molar-refractivity contribution in [3.05, 3.63) is 35.9 Å². The van der Waals surface area contributed by atoms with E-state index in [4.69, 9.17) is 10.8 Å². The van der Waals surface area contributed by atoms with Crippen molar-refractivity contribution in [3.63, 3.8) is 0 Å². The Kier molecular flexibility index (Phi) is 12.0. The molecule has 1 aromatic carbocycles. The van der Waals surface area contributed by atoms with Gasteiger partial charge >= 0.3 is 17.9 Å². The molecule has 8 N–H and O–H groups in total. The van der Waals surface area contributed by atoms with Crippen LogP contribution >= 0.6 is 0 Å². The Morgan fingerprint density at radius 3 is 1.75 bits per heavy atom. The molecular weight excluding hydrogens is 476 g/mol. The second-order valence-electron chi connectivity index (χ2n) is 8.64. The van der Waals surface area contributed by atoms with Crippen molar-refractivity contribution >= 4 is 35.6 Å². The van der Waals surface area contributed by atoms with Crippen molar-refractivity contribution in [1.82, 2.24) is 16.0 Å². The zero-order chi connectivity index (χ0) is 27.4. The first-order chi connectivity index (χ1) is 16.8. The molecule has 4 unspecified atom stereocenters. The molecule has 1 rings (SSSR count). The van der Waals surface area contributed by atoms with Crippen LogP contribution in [0.4, 0.5) is 0 Å². The lowest BCUT2D eigenvalue weighted by Crippen LogP contribution is -2.58. The summed E-state index contributed by atoms with van der Waals surface area (Å²) in [5.74, 6) is -7.06. The smallest absolute Gasteiger partial charge is 0.326 e. The van der Waals surface area contributed by atoms with E-state index in [1.807, 2.05) is 0 Å². The zero-order valence-electron chi connectivity index (χ0n) is 20.0. The van der Waals surface area contributed by atoms with Crippen molar-refractivity contribution in [2.45, 2.75) is 63.7 Å². The fourth-order valence-electron chi connectivity index (χ4n) is 3.24. The number of hydrogen-bond acceptors (Lipinski definition) is 7. The predicted molar refractivity (Wildman–Crippen MR) is 126 cm³/mol. The number of aliphatic carboxylic acids is 3. The van der Waals surface area contributed by atoms with Gasteiger partial charge in [-0.3, -0.25) is 24.0 Å². The van der Waals surface area contributed by atoms with Crippen LogP contribution in [-0.2, 0) is 35.2 Å². The Morgan fingerprint density at radius 1 is 0.750 bits per heavy atom. The first-order valence-electron chi connectivity index (χ1n) is 11.2. The summed E-state index contributed by atoms with van der Waals surface area (Å²) in [6, 6.07) is 2.73. The van der Waals surface area contributed by atoms with E-state index >= 15 is 0 Å². The number of amides is 3. The van der Waals surface area contributed by atoms with Gasteiger partial charge in [0, 0.05) is 6.42 Å². The molecule has 0 radical (unpaired) electrons. The van der Waals surface area contributed by atoms with Crippen LogP contribution in [0.1, 0.15) is 38.7 Å². The van der Waals surface area contributed by atoms with Crippen LogP contribution in [0.5, 0.6) is 0 Å². The number of benzene rings is 1. The van der Waals surface area contributed by atoms with Crippen molar-refractivity contribution < 1.29 is 44.1 Å². The van der Waals surface area contributed by atoms with Gasteiger partial charge in [-0.15, -0.1) is 0 Å². The maximum absolute atomic E-state index is 13.0. The minimum Gasteiger partial charge on any atom is -0.481 e. The average molecular weight is 509 g/mol. The third kappa shape index (κ3) is 11.0. The molecule has 0 spiro atoms. The highest BCUT2D eigenvalue weighted by Gasteiger charge is 2.32. The number of carboxylic acid groups (broad SMARTS) is 3. The monoisotopic (exact) mass is 508 g/mol. The lowest BCUT2D eigenvalue weighted by atomic mass is 10.0. The Balaban J connectivity index is 3.13. The Labute approximate surface area is 207 Å². The van der Waals surface area contributed by atoms with E-state index in [9.17, 15) is 39.0 Å². The number of nitrogens with one attached hydrogen (secondary N) is 3. The lowest BCUT2D eigenvalue weighted by molar-refractivity contribution is -0.143. The Hall–Kier alpha value is -4.00. The molecule has 0 aromatic heterocycles. The summed E-state index contributed by atoms with van der Waals surface area (Å²) in [6.07, 6.45) is -1.55. The van der Waals surface area contributed by atoms with Gasteiger partial charge in [0.15, 0.2) is 0 Å². The van der Waals surface area contributed by atoms with Crippen molar-refractivity contribution in [3.8, 4) is 0 Å². The van der Waals surface area contributed by atoms with E-state index in [0.29, 0.717) is 5.56 Å². The molecule has 198 valence electrons. The summed E-state index contributed by atoms with van der Waals surface area (Å²) in [5.41, 5.74) is 6.10. The molecule has 0 bridgehead atoms. The summed E-state index contributed by atoms with van der Waals surface area (Å²) in [7, 11) is 0. The van der Waals surface area contributed by atoms with Crippen LogP contribution < -0.4 is 21.7 Å². The molecule has 0 aliphatic rings. The number of hydrogen-bond donors (Lipinski definition) is 7. The maximum atomic E-state index is 13.0. The van der Waals surface area contributed by atoms with Gasteiger partial charge in [0.1, 0.15) is 18.1 Å². The summed E-state index contributed by atoms with van der Waals surface area (Å²) in [5, 5.41) is 34.3. The van der Waals surface area contributed by atoms with Crippen molar-refractivity contribution in [1.29, 1.82) is 0 Å². The fourth-order valence-corrected chi connectivity index (χ4v) is 3.24. The summed E-state index contributed by atoms with van der Waals surface area (Å²) >= 11 is 0. The molecule has 0 aliphatic carbocycles. The van der Waals surface area contributed by atoms with Gasteiger partial charge < -0.3 is 37.0 Å². The van der Waals surface area contributed by atoms with Gasteiger partial charge in [-0.25, -0.2) is 4.79 Å².